The highest BCUT2D eigenvalue weighted by atomic mass is 16.3. The Hall–Kier alpha value is -1.24. The lowest BCUT2D eigenvalue weighted by Gasteiger charge is -2.34. The summed E-state index contributed by atoms with van der Waals surface area (Å²) in [5, 5.41) is 10.5. The molecule has 25 heavy (non-hydrogen) atoms. The first-order valence-corrected chi connectivity index (χ1v) is 9.40. The van der Waals surface area contributed by atoms with Crippen molar-refractivity contribution in [3.05, 3.63) is 17.0 Å². The van der Waals surface area contributed by atoms with Crippen LogP contribution in [0.4, 0.5) is 5.95 Å². The normalized spacial score (nSPS) is 17.9. The molecule has 0 radical (unpaired) electrons. The second-order valence-corrected chi connectivity index (χ2v) is 7.91. The van der Waals surface area contributed by atoms with Crippen molar-refractivity contribution in [2.45, 2.75) is 40.2 Å². The van der Waals surface area contributed by atoms with Crippen LogP contribution in [0.5, 0.6) is 0 Å². The summed E-state index contributed by atoms with van der Waals surface area (Å²) in [7, 11) is 4.11. The minimum Gasteiger partial charge on any atom is -0.390 e. The molecule has 1 aliphatic heterocycles. The minimum absolute atomic E-state index is 0.395. The fourth-order valence-electron chi connectivity index (χ4n) is 3.38. The monoisotopic (exact) mass is 349 g/mol. The molecule has 2 rings (SSSR count). The molecular formula is C19H35N5O. The van der Waals surface area contributed by atoms with Gasteiger partial charge in [0.25, 0.3) is 0 Å². The number of aromatic nitrogens is 2. The summed E-state index contributed by atoms with van der Waals surface area (Å²) in [5.74, 6) is 1.30. The number of piperazine rings is 1. The van der Waals surface area contributed by atoms with Gasteiger partial charge in [0.15, 0.2) is 0 Å². The van der Waals surface area contributed by atoms with Gasteiger partial charge in [0, 0.05) is 57.7 Å². The van der Waals surface area contributed by atoms with Crippen LogP contribution in [0.1, 0.15) is 30.8 Å². The van der Waals surface area contributed by atoms with Gasteiger partial charge >= 0.3 is 0 Å². The van der Waals surface area contributed by atoms with Crippen LogP contribution in [0.15, 0.2) is 0 Å². The summed E-state index contributed by atoms with van der Waals surface area (Å²) < 4.78 is 0. The van der Waals surface area contributed by atoms with E-state index in [0.717, 1.165) is 44.0 Å². The van der Waals surface area contributed by atoms with E-state index in [1.54, 1.807) is 0 Å². The standard InChI is InChI=1S/C19H35N5O/c1-14(2)11-18-15(3)20-19(21-16(18)4)23(6)12-17(25)13-24-9-7-22(5)8-10-24/h14,17,25H,7-13H2,1-6H3/t17-/m1/s1. The van der Waals surface area contributed by atoms with Gasteiger partial charge in [-0.15, -0.1) is 0 Å². The average Bonchev–Trinajstić information content (AvgIpc) is 2.52. The smallest absolute Gasteiger partial charge is 0.225 e. The number of aliphatic hydroxyl groups excluding tert-OH is 1. The molecule has 0 unspecified atom stereocenters. The Kier molecular flexibility index (Phi) is 7.16. The van der Waals surface area contributed by atoms with E-state index in [-0.39, 0.29) is 0 Å². The van der Waals surface area contributed by atoms with E-state index >= 15 is 0 Å². The lowest BCUT2D eigenvalue weighted by molar-refractivity contribution is 0.0841. The summed E-state index contributed by atoms with van der Waals surface area (Å²) in [6.07, 6.45) is 0.612. The van der Waals surface area contributed by atoms with Crippen LogP contribution >= 0.6 is 0 Å². The Morgan fingerprint density at radius 2 is 1.64 bits per heavy atom. The zero-order valence-electron chi connectivity index (χ0n) is 16.8. The molecule has 0 spiro atoms. The Labute approximate surface area is 152 Å². The topological polar surface area (TPSA) is 55.7 Å². The molecule has 6 heteroatoms. The predicted molar refractivity (Wildman–Crippen MR) is 103 cm³/mol. The van der Waals surface area contributed by atoms with Crippen LogP contribution in [0.3, 0.4) is 0 Å². The lowest BCUT2D eigenvalue weighted by Crippen LogP contribution is -2.48. The summed E-state index contributed by atoms with van der Waals surface area (Å²) in [5.41, 5.74) is 3.36. The Bertz CT molecular complexity index is 532. The maximum absolute atomic E-state index is 10.5. The van der Waals surface area contributed by atoms with Crippen molar-refractivity contribution < 1.29 is 5.11 Å². The van der Waals surface area contributed by atoms with Crippen LogP contribution in [0, 0.1) is 19.8 Å². The van der Waals surface area contributed by atoms with Crippen LogP contribution < -0.4 is 4.90 Å². The molecule has 0 aromatic carbocycles. The van der Waals surface area contributed by atoms with Gasteiger partial charge in [-0.25, -0.2) is 9.97 Å². The zero-order valence-corrected chi connectivity index (χ0v) is 16.8. The first-order valence-electron chi connectivity index (χ1n) is 9.40. The second kappa shape index (κ2) is 8.92. The number of aryl methyl sites for hydroxylation is 2. The lowest BCUT2D eigenvalue weighted by atomic mass is 10.0. The van der Waals surface area contributed by atoms with E-state index in [0.29, 0.717) is 25.0 Å². The van der Waals surface area contributed by atoms with Crippen molar-refractivity contribution in [2.24, 2.45) is 5.92 Å². The number of likely N-dealkylation sites (N-methyl/N-ethyl adjacent to an activating group) is 2. The van der Waals surface area contributed by atoms with Crippen LogP contribution in [0.2, 0.25) is 0 Å². The molecule has 6 nitrogen and oxygen atoms in total. The molecule has 1 aliphatic rings. The van der Waals surface area contributed by atoms with Crippen molar-refractivity contribution in [3.8, 4) is 0 Å². The Balaban J connectivity index is 1.94. The fourth-order valence-corrected chi connectivity index (χ4v) is 3.38. The first kappa shape index (κ1) is 20.1. The van der Waals surface area contributed by atoms with E-state index in [9.17, 15) is 5.11 Å². The van der Waals surface area contributed by atoms with Gasteiger partial charge < -0.3 is 14.9 Å². The number of β-amino-alcohol motifs (C(OH)–C–C–N with tert-alkyl or cyclic N) is 1. The van der Waals surface area contributed by atoms with Crippen molar-refractivity contribution in [3.63, 3.8) is 0 Å². The maximum Gasteiger partial charge on any atom is 0.225 e. The largest absolute Gasteiger partial charge is 0.390 e. The number of anilines is 1. The van der Waals surface area contributed by atoms with Crippen molar-refractivity contribution in [1.82, 2.24) is 19.8 Å². The molecule has 0 bridgehead atoms. The summed E-state index contributed by atoms with van der Waals surface area (Å²) in [6.45, 7) is 14.0. The van der Waals surface area contributed by atoms with Crippen molar-refractivity contribution in [2.75, 3.05) is 58.3 Å². The van der Waals surface area contributed by atoms with Crippen LogP contribution in [-0.4, -0.2) is 84.3 Å². The third kappa shape index (κ3) is 5.90. The molecule has 2 heterocycles. The fraction of sp³-hybridized carbons (Fsp3) is 0.789. The predicted octanol–water partition coefficient (Wildman–Crippen LogP) is 1.34. The van der Waals surface area contributed by atoms with E-state index in [4.69, 9.17) is 0 Å². The number of hydrogen-bond acceptors (Lipinski definition) is 6. The summed E-state index contributed by atoms with van der Waals surface area (Å²) >= 11 is 0. The van der Waals surface area contributed by atoms with E-state index in [2.05, 4.69) is 54.5 Å². The van der Waals surface area contributed by atoms with E-state index in [1.165, 1.54) is 5.56 Å². The molecule has 0 saturated carbocycles. The number of nitrogens with zero attached hydrogens (tertiary/aromatic N) is 5. The van der Waals surface area contributed by atoms with Gasteiger partial charge in [-0.1, -0.05) is 13.8 Å². The van der Waals surface area contributed by atoms with E-state index < -0.39 is 6.10 Å². The number of rotatable bonds is 7. The molecule has 0 amide bonds. The molecule has 142 valence electrons. The number of aliphatic hydroxyl groups is 1. The average molecular weight is 350 g/mol. The van der Waals surface area contributed by atoms with Crippen LogP contribution in [-0.2, 0) is 6.42 Å². The molecular weight excluding hydrogens is 314 g/mol. The van der Waals surface area contributed by atoms with Gasteiger partial charge in [0.1, 0.15) is 0 Å². The minimum atomic E-state index is -0.395. The van der Waals surface area contributed by atoms with Gasteiger partial charge in [0.05, 0.1) is 6.10 Å². The van der Waals surface area contributed by atoms with Gasteiger partial charge in [-0.2, -0.15) is 0 Å². The third-order valence-corrected chi connectivity index (χ3v) is 4.91. The summed E-state index contributed by atoms with van der Waals surface area (Å²) in [6, 6.07) is 0. The Morgan fingerprint density at radius 1 is 1.08 bits per heavy atom. The SMILES string of the molecule is Cc1nc(N(C)C[C@@H](O)CN2CCN(C)CC2)nc(C)c1CC(C)C. The zero-order chi connectivity index (χ0) is 18.6. The quantitative estimate of drug-likeness (QED) is 0.802. The highest BCUT2D eigenvalue weighted by Crippen LogP contribution is 2.18. The molecule has 1 N–H and O–H groups in total. The highest BCUT2D eigenvalue weighted by molar-refractivity contribution is 5.36. The van der Waals surface area contributed by atoms with Gasteiger partial charge in [-0.05, 0) is 38.8 Å². The Morgan fingerprint density at radius 3 is 2.16 bits per heavy atom. The molecule has 1 fully saturated rings. The highest BCUT2D eigenvalue weighted by Gasteiger charge is 2.19. The maximum atomic E-state index is 10.5. The third-order valence-electron chi connectivity index (χ3n) is 4.91. The molecule has 1 atom stereocenters. The van der Waals surface area contributed by atoms with Crippen molar-refractivity contribution >= 4 is 5.95 Å². The molecule has 0 aliphatic carbocycles. The molecule has 1 aromatic heterocycles. The first-order chi connectivity index (χ1) is 11.8. The molecule has 1 aromatic rings. The van der Waals surface area contributed by atoms with Gasteiger partial charge in [-0.3, -0.25) is 4.90 Å². The second-order valence-electron chi connectivity index (χ2n) is 7.91. The molecule has 1 saturated heterocycles. The number of hydrogen-bond donors (Lipinski definition) is 1. The van der Waals surface area contributed by atoms with Crippen LogP contribution in [0.25, 0.3) is 0 Å². The summed E-state index contributed by atoms with van der Waals surface area (Å²) in [4.78, 5) is 16.0. The van der Waals surface area contributed by atoms with E-state index in [1.807, 2.05) is 11.9 Å². The van der Waals surface area contributed by atoms with Gasteiger partial charge in [0.2, 0.25) is 5.95 Å². The van der Waals surface area contributed by atoms with Crippen molar-refractivity contribution in [1.29, 1.82) is 0 Å².